The Labute approximate surface area is 212 Å². The van der Waals surface area contributed by atoms with Crippen LogP contribution in [-0.2, 0) is 6.42 Å². The number of halogens is 3. The maximum absolute atomic E-state index is 13.7. The lowest BCUT2D eigenvalue weighted by atomic mass is 10.0. The van der Waals surface area contributed by atoms with Crippen molar-refractivity contribution in [2.45, 2.75) is 31.5 Å². The summed E-state index contributed by atoms with van der Waals surface area (Å²) in [5, 5.41) is 2.67. The molecule has 0 radical (unpaired) electrons. The lowest BCUT2D eigenvalue weighted by Gasteiger charge is -2.16. The third kappa shape index (κ3) is 5.91. The van der Waals surface area contributed by atoms with Crippen LogP contribution in [0.25, 0.3) is 0 Å². The molecular formula is C27H25F3N6O. The number of likely N-dealkylation sites (tertiary alicyclic amines) is 1. The number of anilines is 1. The van der Waals surface area contributed by atoms with E-state index in [-0.39, 0.29) is 17.1 Å². The van der Waals surface area contributed by atoms with E-state index in [9.17, 15) is 18.0 Å². The second-order valence-corrected chi connectivity index (χ2v) is 9.02. The summed E-state index contributed by atoms with van der Waals surface area (Å²) in [7, 11) is 0. The molecule has 2 aliphatic rings. The number of rotatable bonds is 7. The predicted octanol–water partition coefficient (Wildman–Crippen LogP) is 4.79. The molecule has 10 heteroatoms. The van der Waals surface area contributed by atoms with E-state index in [0.29, 0.717) is 11.1 Å². The van der Waals surface area contributed by atoms with Crippen LogP contribution >= 0.6 is 0 Å². The Morgan fingerprint density at radius 2 is 1.86 bits per heavy atom. The minimum Gasteiger partial charge on any atom is -0.307 e. The number of hydrogen-bond acceptors (Lipinski definition) is 6. The topological polar surface area (TPSA) is 83.4 Å². The van der Waals surface area contributed by atoms with Crippen molar-refractivity contribution in [1.29, 1.82) is 0 Å². The maximum atomic E-state index is 13.7. The summed E-state index contributed by atoms with van der Waals surface area (Å²) in [6.45, 7) is 3.20. The summed E-state index contributed by atoms with van der Waals surface area (Å²) in [4.78, 5) is 31.8. The lowest BCUT2D eigenvalue weighted by molar-refractivity contribution is -0.0950. The Morgan fingerprint density at radius 1 is 1.03 bits per heavy atom. The van der Waals surface area contributed by atoms with Crippen LogP contribution in [0.2, 0.25) is 0 Å². The van der Waals surface area contributed by atoms with Gasteiger partial charge in [0.25, 0.3) is 5.91 Å². The molecule has 1 unspecified atom stereocenters. The van der Waals surface area contributed by atoms with Gasteiger partial charge in [0.1, 0.15) is 11.9 Å². The summed E-state index contributed by atoms with van der Waals surface area (Å²) in [5.41, 5.74) is 1.49. The van der Waals surface area contributed by atoms with Crippen molar-refractivity contribution in [3.05, 3.63) is 95.2 Å². The van der Waals surface area contributed by atoms with Crippen LogP contribution < -0.4 is 5.32 Å². The highest BCUT2D eigenvalue weighted by Gasteiger charge is 2.42. The lowest BCUT2D eigenvalue weighted by Crippen LogP contribution is -2.22. The standard InChI is InChI=1S/C27H25F3N6O/c28-27(29,30)22-14-23(18-4-3-10-31-15-18)34-25(22)19-6-8-24(33-16-19)35-26(37)20-5-7-21(32-17-20)9-13-36-11-1-2-12-36/h3-8,10,14-17,25H,1-2,9,11-13H2,(H,33,35,37). The van der Waals surface area contributed by atoms with Gasteiger partial charge in [0.05, 0.1) is 16.8 Å². The smallest absolute Gasteiger partial charge is 0.307 e. The Morgan fingerprint density at radius 3 is 2.51 bits per heavy atom. The van der Waals surface area contributed by atoms with E-state index < -0.39 is 23.7 Å². The minimum absolute atomic E-state index is 0.208. The highest BCUT2D eigenvalue weighted by Crippen LogP contribution is 2.41. The van der Waals surface area contributed by atoms with Crippen LogP contribution in [0.4, 0.5) is 19.0 Å². The third-order valence-electron chi connectivity index (χ3n) is 6.45. The number of alkyl halides is 3. The molecule has 0 bridgehead atoms. The quantitative estimate of drug-likeness (QED) is 0.498. The van der Waals surface area contributed by atoms with Crippen molar-refractivity contribution in [3.8, 4) is 0 Å². The van der Waals surface area contributed by atoms with Gasteiger partial charge in [0.15, 0.2) is 0 Å². The normalized spacial score (nSPS) is 18.0. The molecule has 1 amide bonds. The number of aliphatic imine (C=N–C) groups is 1. The first kappa shape index (κ1) is 24.8. The van der Waals surface area contributed by atoms with Crippen molar-refractivity contribution in [1.82, 2.24) is 19.9 Å². The predicted molar refractivity (Wildman–Crippen MR) is 133 cm³/mol. The van der Waals surface area contributed by atoms with E-state index in [4.69, 9.17) is 0 Å². The Kier molecular flexibility index (Phi) is 7.09. The van der Waals surface area contributed by atoms with E-state index in [1.165, 1.54) is 43.6 Å². The first-order valence-electron chi connectivity index (χ1n) is 12.1. The van der Waals surface area contributed by atoms with E-state index >= 15 is 0 Å². The van der Waals surface area contributed by atoms with E-state index in [1.54, 1.807) is 24.4 Å². The van der Waals surface area contributed by atoms with E-state index in [2.05, 4.69) is 30.2 Å². The van der Waals surface area contributed by atoms with Crippen molar-refractivity contribution in [2.24, 2.45) is 4.99 Å². The monoisotopic (exact) mass is 506 g/mol. The summed E-state index contributed by atoms with van der Waals surface area (Å²) in [5.74, 6) is -0.175. The minimum atomic E-state index is -4.56. The molecule has 5 heterocycles. The first-order chi connectivity index (χ1) is 17.9. The van der Waals surface area contributed by atoms with Gasteiger partial charge in [0, 0.05) is 49.0 Å². The fourth-order valence-electron chi connectivity index (χ4n) is 4.45. The van der Waals surface area contributed by atoms with Gasteiger partial charge >= 0.3 is 6.18 Å². The Hall–Kier alpha value is -3.92. The van der Waals surface area contributed by atoms with Crippen molar-refractivity contribution in [3.63, 3.8) is 0 Å². The van der Waals surface area contributed by atoms with Gasteiger partial charge < -0.3 is 10.2 Å². The average Bonchev–Trinajstić information content (AvgIpc) is 3.59. The Balaban J connectivity index is 1.25. The number of nitrogens with zero attached hydrogens (tertiary/aromatic N) is 5. The molecule has 1 atom stereocenters. The molecule has 1 saturated heterocycles. The van der Waals surface area contributed by atoms with Gasteiger partial charge in [-0.3, -0.25) is 19.8 Å². The zero-order valence-corrected chi connectivity index (χ0v) is 19.9. The summed E-state index contributed by atoms with van der Waals surface area (Å²) < 4.78 is 41.2. The molecule has 37 heavy (non-hydrogen) atoms. The number of pyridine rings is 3. The first-order valence-corrected chi connectivity index (χ1v) is 12.1. The van der Waals surface area contributed by atoms with E-state index in [1.807, 2.05) is 6.07 Å². The molecule has 190 valence electrons. The fourth-order valence-corrected chi connectivity index (χ4v) is 4.45. The molecule has 7 nitrogen and oxygen atoms in total. The molecule has 2 aliphatic heterocycles. The van der Waals surface area contributed by atoms with Crippen LogP contribution in [0.1, 0.15) is 46.1 Å². The van der Waals surface area contributed by atoms with Crippen molar-refractivity contribution in [2.75, 3.05) is 25.0 Å². The molecule has 0 spiro atoms. The van der Waals surface area contributed by atoms with Gasteiger partial charge in [-0.1, -0.05) is 6.07 Å². The molecule has 1 N–H and O–H groups in total. The van der Waals surface area contributed by atoms with Crippen LogP contribution in [0.15, 0.2) is 77.8 Å². The summed E-state index contributed by atoms with van der Waals surface area (Å²) in [6.07, 6.45) is 5.62. The van der Waals surface area contributed by atoms with Crippen LogP contribution in [0, 0.1) is 0 Å². The second kappa shape index (κ2) is 10.6. The largest absolute Gasteiger partial charge is 0.415 e. The van der Waals surface area contributed by atoms with Crippen molar-refractivity contribution < 1.29 is 18.0 Å². The molecule has 0 saturated carbocycles. The molecular weight excluding hydrogens is 481 g/mol. The maximum Gasteiger partial charge on any atom is 0.415 e. The number of allylic oxidation sites excluding steroid dienone is 1. The van der Waals surface area contributed by atoms with E-state index in [0.717, 1.165) is 37.8 Å². The molecule has 3 aromatic heterocycles. The average molecular weight is 507 g/mol. The van der Waals surface area contributed by atoms with Crippen LogP contribution in [0.3, 0.4) is 0 Å². The molecule has 0 aromatic carbocycles. The second-order valence-electron chi connectivity index (χ2n) is 9.02. The van der Waals surface area contributed by atoms with Gasteiger partial charge in [-0.05, 0) is 67.9 Å². The number of nitrogens with one attached hydrogen (secondary N) is 1. The number of carbonyl (C=O) groups excluding carboxylic acids is 1. The molecule has 3 aromatic rings. The molecule has 5 rings (SSSR count). The van der Waals surface area contributed by atoms with Gasteiger partial charge in [-0.25, -0.2) is 4.98 Å². The number of carbonyl (C=O) groups is 1. The summed E-state index contributed by atoms with van der Waals surface area (Å²) >= 11 is 0. The zero-order chi connectivity index (χ0) is 25.8. The van der Waals surface area contributed by atoms with Gasteiger partial charge in [-0.15, -0.1) is 0 Å². The number of aromatic nitrogens is 3. The van der Waals surface area contributed by atoms with Gasteiger partial charge in [-0.2, -0.15) is 13.2 Å². The number of amides is 1. The molecule has 0 aliphatic carbocycles. The SMILES string of the molecule is O=C(Nc1ccc(C2N=C(c3cccnc3)C=C2C(F)(F)F)cn1)c1ccc(CCN2CCCC2)nc1. The zero-order valence-electron chi connectivity index (χ0n) is 19.9. The van der Waals surface area contributed by atoms with Crippen LogP contribution in [-0.4, -0.2) is 57.3 Å². The highest BCUT2D eigenvalue weighted by atomic mass is 19.4. The van der Waals surface area contributed by atoms with Crippen LogP contribution in [0.5, 0.6) is 0 Å². The highest BCUT2D eigenvalue weighted by molar-refractivity contribution is 6.10. The Bertz CT molecular complexity index is 1300. The van der Waals surface area contributed by atoms with Crippen molar-refractivity contribution >= 4 is 17.4 Å². The summed E-state index contributed by atoms with van der Waals surface area (Å²) in [6, 6.07) is 8.56. The molecule has 1 fully saturated rings. The third-order valence-corrected chi connectivity index (χ3v) is 6.45. The fraction of sp³-hybridized carbons (Fsp3) is 0.296. The van der Waals surface area contributed by atoms with Gasteiger partial charge in [0.2, 0.25) is 0 Å². The number of hydrogen-bond donors (Lipinski definition) is 1.